The number of nitrogens with zero attached hydrogens (tertiary/aromatic N) is 4. The molecule has 0 aliphatic rings. The molecule has 0 spiro atoms. The molecule has 4 aromatic heterocycles. The number of hydrogen-bond donors (Lipinski definition) is 2. The molecule has 3 aromatic carbocycles. The number of alkyl halides is 3. The summed E-state index contributed by atoms with van der Waals surface area (Å²) in [7, 11) is 0. The molecule has 0 fully saturated rings. The van der Waals surface area contributed by atoms with Crippen molar-refractivity contribution >= 4 is 44.3 Å². The minimum absolute atomic E-state index is 0.103. The average Bonchev–Trinajstić information content (AvgIpc) is 3.85. The minimum atomic E-state index is -4.51. The number of anilines is 4. The van der Waals surface area contributed by atoms with Crippen LogP contribution in [0.2, 0.25) is 0 Å². The lowest BCUT2D eigenvalue weighted by Gasteiger charge is -2.15. The molecule has 0 unspecified atom stereocenters. The third kappa shape index (κ3) is 14.5. The van der Waals surface area contributed by atoms with Gasteiger partial charge in [0.05, 0.1) is 18.8 Å². The molecular formula is C48H47F7N6O2S2. The van der Waals surface area contributed by atoms with Gasteiger partial charge in [0, 0.05) is 59.4 Å². The molecule has 65 heavy (non-hydrogen) atoms. The van der Waals surface area contributed by atoms with Crippen LogP contribution >= 0.6 is 22.7 Å². The Morgan fingerprint density at radius 1 is 0.615 bits per heavy atom. The summed E-state index contributed by atoms with van der Waals surface area (Å²) < 4.78 is 109. The van der Waals surface area contributed by atoms with Crippen LogP contribution in [0.3, 0.4) is 0 Å². The van der Waals surface area contributed by atoms with Crippen LogP contribution in [0.15, 0.2) is 104 Å². The maximum Gasteiger partial charge on any atom is 0.416 e. The largest absolute Gasteiger partial charge is 0.494 e. The van der Waals surface area contributed by atoms with Gasteiger partial charge in [-0.25, -0.2) is 18.7 Å². The zero-order valence-corrected chi connectivity index (χ0v) is 37.3. The molecule has 8 nitrogen and oxygen atoms in total. The van der Waals surface area contributed by atoms with E-state index in [1.807, 2.05) is 31.2 Å². The molecule has 0 bridgehead atoms. The van der Waals surface area contributed by atoms with Gasteiger partial charge in [-0.3, -0.25) is 9.97 Å². The molecule has 0 amide bonds. The molecule has 0 aliphatic heterocycles. The molecule has 7 rings (SSSR count). The molecule has 342 valence electrons. The molecule has 7 aromatic rings. The summed E-state index contributed by atoms with van der Waals surface area (Å²) in [4.78, 5) is 16.2. The van der Waals surface area contributed by atoms with E-state index < -0.39 is 39.4 Å². The number of unbranched alkanes of at least 4 members (excludes halogenated alkanes) is 6. The fourth-order valence-electron chi connectivity index (χ4n) is 6.52. The van der Waals surface area contributed by atoms with Crippen molar-refractivity contribution in [3.8, 4) is 34.0 Å². The van der Waals surface area contributed by atoms with E-state index in [9.17, 15) is 30.7 Å². The number of benzene rings is 3. The Kier molecular flexibility index (Phi) is 17.7. The van der Waals surface area contributed by atoms with E-state index in [-0.39, 0.29) is 51.6 Å². The standard InChI is InChI=1S/C26H23F4N3OS.C22H24F3N3OS/c1-17-7-11-21(12-8-17)34-14-3-2-5-18-9-10-20(15-22(18)26(28,29)30)32-25-33-23(24(27)35-25)19-6-4-13-31-16-19;1-2-3-4-5-6-7-11-29-20-17(23)12-16(13-18(20)24)27-22-28-19(21(25)30-22)15-9-8-10-26-14-15/h4,6-13,15-16H,2-3,5,14H2,1H3,(H,32,33);8-10,12-14H,2-7,11H2,1H3,(H,27,28). The van der Waals surface area contributed by atoms with Gasteiger partial charge < -0.3 is 20.1 Å². The summed E-state index contributed by atoms with van der Waals surface area (Å²) in [6.07, 6.45) is 9.39. The number of halogens is 7. The third-order valence-corrected chi connectivity index (χ3v) is 11.4. The van der Waals surface area contributed by atoms with Crippen LogP contribution in [0.5, 0.6) is 11.5 Å². The first-order valence-corrected chi connectivity index (χ1v) is 22.7. The summed E-state index contributed by atoms with van der Waals surface area (Å²) in [5.74, 6) is -1.27. The predicted octanol–water partition coefficient (Wildman–Crippen LogP) is 14.9. The van der Waals surface area contributed by atoms with Crippen molar-refractivity contribution in [3.63, 3.8) is 0 Å². The number of hydrogen-bond acceptors (Lipinski definition) is 10. The molecule has 0 saturated carbocycles. The lowest BCUT2D eigenvalue weighted by atomic mass is 10.0. The first-order valence-electron chi connectivity index (χ1n) is 21.1. The third-order valence-electron chi connectivity index (χ3n) is 9.83. The van der Waals surface area contributed by atoms with E-state index in [2.05, 4.69) is 37.5 Å². The fraction of sp³-hybridized carbons (Fsp3) is 0.292. The topological polar surface area (TPSA) is 94.1 Å². The van der Waals surface area contributed by atoms with E-state index in [4.69, 9.17) is 9.47 Å². The Hall–Kier alpha value is -6.07. The van der Waals surface area contributed by atoms with Gasteiger partial charge in [0.25, 0.3) is 0 Å². The van der Waals surface area contributed by atoms with Gasteiger partial charge in [-0.1, -0.05) is 85.5 Å². The molecule has 0 aliphatic carbocycles. The van der Waals surface area contributed by atoms with Crippen LogP contribution in [-0.4, -0.2) is 33.1 Å². The lowest BCUT2D eigenvalue weighted by Crippen LogP contribution is -2.10. The van der Waals surface area contributed by atoms with E-state index in [1.54, 1.807) is 42.7 Å². The van der Waals surface area contributed by atoms with Crippen molar-refractivity contribution < 1.29 is 40.2 Å². The quantitative estimate of drug-likeness (QED) is 0.0577. The summed E-state index contributed by atoms with van der Waals surface area (Å²) in [5, 5.41) is 4.85. The van der Waals surface area contributed by atoms with Gasteiger partial charge >= 0.3 is 6.18 Å². The Balaban J connectivity index is 0.000000218. The van der Waals surface area contributed by atoms with Crippen molar-refractivity contribution in [2.45, 2.75) is 77.8 Å². The van der Waals surface area contributed by atoms with Gasteiger partial charge in [-0.2, -0.15) is 22.0 Å². The van der Waals surface area contributed by atoms with Crippen molar-refractivity contribution in [2.24, 2.45) is 0 Å². The normalized spacial score (nSPS) is 11.2. The Labute approximate surface area is 381 Å². The summed E-state index contributed by atoms with van der Waals surface area (Å²) >= 11 is 1.48. The monoisotopic (exact) mass is 936 g/mol. The number of ether oxygens (including phenoxy) is 2. The first-order chi connectivity index (χ1) is 31.4. The first kappa shape index (κ1) is 48.4. The second-order valence-corrected chi connectivity index (χ2v) is 16.8. The Morgan fingerprint density at radius 2 is 1.17 bits per heavy atom. The number of aryl methyl sites for hydroxylation is 2. The van der Waals surface area contributed by atoms with Crippen molar-refractivity contribution in [1.82, 2.24) is 19.9 Å². The number of aromatic nitrogens is 4. The number of nitrogens with one attached hydrogen (secondary N) is 2. The van der Waals surface area contributed by atoms with Crippen LogP contribution < -0.4 is 20.1 Å². The zero-order chi connectivity index (χ0) is 46.2. The van der Waals surface area contributed by atoms with E-state index in [1.165, 1.54) is 37.7 Å². The highest BCUT2D eigenvalue weighted by atomic mass is 32.1. The molecular weight excluding hydrogens is 890 g/mol. The average molecular weight is 937 g/mol. The lowest BCUT2D eigenvalue weighted by molar-refractivity contribution is -0.138. The van der Waals surface area contributed by atoms with Crippen LogP contribution in [0.25, 0.3) is 22.5 Å². The van der Waals surface area contributed by atoms with Crippen LogP contribution in [0.1, 0.15) is 75.0 Å². The van der Waals surface area contributed by atoms with E-state index in [0.29, 0.717) is 30.6 Å². The smallest absolute Gasteiger partial charge is 0.416 e. The highest BCUT2D eigenvalue weighted by Gasteiger charge is 2.33. The molecule has 0 saturated heterocycles. The summed E-state index contributed by atoms with van der Waals surface area (Å²) in [6.45, 7) is 4.83. The van der Waals surface area contributed by atoms with Crippen LogP contribution in [0.4, 0.5) is 52.4 Å². The van der Waals surface area contributed by atoms with Crippen LogP contribution in [0, 0.1) is 28.8 Å². The van der Waals surface area contributed by atoms with Gasteiger partial charge in [-0.05, 0) is 86.7 Å². The van der Waals surface area contributed by atoms with Crippen molar-refractivity contribution in [2.75, 3.05) is 23.8 Å². The predicted molar refractivity (Wildman–Crippen MR) is 243 cm³/mol. The molecule has 0 atom stereocenters. The van der Waals surface area contributed by atoms with Crippen LogP contribution in [-0.2, 0) is 12.6 Å². The van der Waals surface area contributed by atoms with Crippen molar-refractivity contribution in [3.05, 3.63) is 142 Å². The van der Waals surface area contributed by atoms with Gasteiger partial charge in [0.1, 0.15) is 17.1 Å². The highest BCUT2D eigenvalue weighted by molar-refractivity contribution is 7.14. The van der Waals surface area contributed by atoms with Crippen molar-refractivity contribution in [1.29, 1.82) is 0 Å². The zero-order valence-electron chi connectivity index (χ0n) is 35.7. The SMILES string of the molecule is CCCCCCCCOc1c(F)cc(Nc2nc(-c3cccnc3)c(F)s2)cc1F.Cc1ccc(OCCCCc2ccc(Nc3nc(-c4cccnc4)c(F)s3)cc2C(F)(F)F)cc1. The fourth-order valence-corrected chi connectivity index (χ4v) is 7.99. The molecule has 2 N–H and O–H groups in total. The maximum absolute atomic E-state index is 14.4. The summed E-state index contributed by atoms with van der Waals surface area (Å²) in [6, 6.07) is 20.6. The molecule has 4 heterocycles. The Morgan fingerprint density at radius 3 is 1.74 bits per heavy atom. The van der Waals surface area contributed by atoms with E-state index >= 15 is 0 Å². The number of pyridine rings is 2. The van der Waals surface area contributed by atoms with Gasteiger partial charge in [0.15, 0.2) is 27.6 Å². The maximum atomic E-state index is 14.4. The summed E-state index contributed by atoms with van der Waals surface area (Å²) in [5.41, 5.74) is 2.19. The minimum Gasteiger partial charge on any atom is -0.494 e. The Bertz CT molecular complexity index is 2540. The van der Waals surface area contributed by atoms with Gasteiger partial charge in [0.2, 0.25) is 10.3 Å². The van der Waals surface area contributed by atoms with Gasteiger partial charge in [-0.15, -0.1) is 0 Å². The molecule has 17 heteroatoms. The second kappa shape index (κ2) is 23.7. The van der Waals surface area contributed by atoms with E-state index in [0.717, 1.165) is 71.4 Å². The highest BCUT2D eigenvalue weighted by Crippen LogP contribution is 2.37. The second-order valence-electron chi connectivity index (χ2n) is 14.9. The number of rotatable bonds is 20. The molecule has 0 radical (unpaired) electrons. The number of thiazole rings is 2.